The van der Waals surface area contributed by atoms with E-state index in [0.717, 1.165) is 12.8 Å². The molecular weight excluding hydrogens is 325 g/mol. The first-order chi connectivity index (χ1) is 12.1. The number of rotatable bonds is 7. The number of hydrogen-bond donors (Lipinski definition) is 3. The maximum atomic E-state index is 13.6. The molecule has 1 aliphatic rings. The number of carbonyl (C=O) groups excluding carboxylic acids is 2. The second-order valence-electron chi connectivity index (χ2n) is 5.94. The second-order valence-corrected chi connectivity index (χ2v) is 5.94. The molecule has 2 aromatic rings. The molecule has 0 atom stereocenters. The fraction of sp³-hybridized carbons (Fsp3) is 0.333. The Morgan fingerprint density at radius 3 is 2.72 bits per heavy atom. The Balaban J connectivity index is 1.69. The van der Waals surface area contributed by atoms with Crippen LogP contribution in [0.2, 0.25) is 0 Å². The molecule has 0 spiro atoms. The first kappa shape index (κ1) is 17.0. The first-order valence-corrected chi connectivity index (χ1v) is 8.20. The minimum absolute atomic E-state index is 0.178. The number of hydrogen-bond acceptors (Lipinski definition) is 3. The van der Waals surface area contributed by atoms with Gasteiger partial charge in [0.05, 0.1) is 6.61 Å². The van der Waals surface area contributed by atoms with Crippen molar-refractivity contribution in [2.45, 2.75) is 25.3 Å². The number of ether oxygens (including phenoxy) is 1. The summed E-state index contributed by atoms with van der Waals surface area (Å²) < 4.78 is 19.3. The van der Waals surface area contributed by atoms with Crippen LogP contribution in [0.25, 0.3) is 0 Å². The summed E-state index contributed by atoms with van der Waals surface area (Å²) in [5.41, 5.74) is 0.981. The van der Waals surface area contributed by atoms with E-state index in [1.807, 2.05) is 0 Å². The molecule has 3 rings (SSSR count). The van der Waals surface area contributed by atoms with E-state index in [0.29, 0.717) is 12.0 Å². The van der Waals surface area contributed by atoms with Gasteiger partial charge in [-0.2, -0.15) is 0 Å². The molecule has 1 saturated carbocycles. The van der Waals surface area contributed by atoms with Crippen LogP contribution in [0.15, 0.2) is 30.3 Å². The molecule has 1 aromatic heterocycles. The molecule has 1 heterocycles. The highest BCUT2D eigenvalue weighted by Crippen LogP contribution is 2.23. The van der Waals surface area contributed by atoms with Crippen molar-refractivity contribution in [3.63, 3.8) is 0 Å². The van der Waals surface area contributed by atoms with Crippen molar-refractivity contribution in [3.8, 4) is 5.75 Å². The Morgan fingerprint density at radius 1 is 1.28 bits per heavy atom. The molecule has 0 radical (unpaired) electrons. The minimum Gasteiger partial charge on any atom is -0.491 e. The molecule has 132 valence electrons. The van der Waals surface area contributed by atoms with Crippen LogP contribution >= 0.6 is 0 Å². The lowest BCUT2D eigenvalue weighted by Crippen LogP contribution is -2.26. The number of benzene rings is 1. The van der Waals surface area contributed by atoms with Crippen LogP contribution in [0.3, 0.4) is 0 Å². The van der Waals surface area contributed by atoms with Gasteiger partial charge >= 0.3 is 0 Å². The fourth-order valence-corrected chi connectivity index (χ4v) is 2.43. The lowest BCUT2D eigenvalue weighted by Gasteiger charge is -2.07. The van der Waals surface area contributed by atoms with E-state index in [1.54, 1.807) is 18.2 Å². The average Bonchev–Trinajstić information content (AvgIpc) is 3.32. The number of amides is 2. The van der Waals surface area contributed by atoms with Crippen molar-refractivity contribution in [1.29, 1.82) is 0 Å². The Bertz CT molecular complexity index is 784. The summed E-state index contributed by atoms with van der Waals surface area (Å²) in [5.74, 6) is -0.671. The van der Waals surface area contributed by atoms with Gasteiger partial charge in [0.1, 0.15) is 17.2 Å². The van der Waals surface area contributed by atoms with Crippen LogP contribution in [-0.2, 0) is 6.42 Å². The highest BCUT2D eigenvalue weighted by molar-refractivity contribution is 5.99. The van der Waals surface area contributed by atoms with Gasteiger partial charge in [0.2, 0.25) is 0 Å². The minimum atomic E-state index is -0.383. The maximum Gasteiger partial charge on any atom is 0.271 e. The quantitative estimate of drug-likeness (QED) is 0.718. The SMILES string of the molecule is CNC(=O)c1[nH]c(C(=O)NC2CC2)cc1OCCc1ccccc1F. The number of aromatic nitrogens is 1. The van der Waals surface area contributed by atoms with E-state index in [1.165, 1.54) is 19.2 Å². The summed E-state index contributed by atoms with van der Waals surface area (Å²) in [4.78, 5) is 26.9. The molecule has 2 amide bonds. The molecule has 0 saturated heterocycles. The van der Waals surface area contributed by atoms with Gasteiger partial charge in [0.25, 0.3) is 11.8 Å². The predicted octanol–water partition coefficient (Wildman–Crippen LogP) is 2.03. The summed E-state index contributed by atoms with van der Waals surface area (Å²) in [6, 6.07) is 8.17. The van der Waals surface area contributed by atoms with Crippen LogP contribution in [0, 0.1) is 5.82 Å². The zero-order valence-corrected chi connectivity index (χ0v) is 13.9. The van der Waals surface area contributed by atoms with Gasteiger partial charge in [-0.15, -0.1) is 0 Å². The van der Waals surface area contributed by atoms with Crippen molar-refractivity contribution < 1.29 is 18.7 Å². The molecule has 0 bridgehead atoms. The smallest absolute Gasteiger partial charge is 0.271 e. The third kappa shape index (κ3) is 4.17. The highest BCUT2D eigenvalue weighted by Gasteiger charge is 2.26. The lowest BCUT2D eigenvalue weighted by molar-refractivity contribution is 0.0946. The van der Waals surface area contributed by atoms with E-state index >= 15 is 0 Å². The molecule has 0 unspecified atom stereocenters. The topological polar surface area (TPSA) is 83.2 Å². The molecule has 6 nitrogen and oxygen atoms in total. The van der Waals surface area contributed by atoms with E-state index in [2.05, 4.69) is 15.6 Å². The molecule has 1 aromatic carbocycles. The third-order valence-electron chi connectivity index (χ3n) is 3.98. The van der Waals surface area contributed by atoms with Crippen LogP contribution in [0.4, 0.5) is 4.39 Å². The van der Waals surface area contributed by atoms with Crippen molar-refractivity contribution in [2.75, 3.05) is 13.7 Å². The van der Waals surface area contributed by atoms with E-state index < -0.39 is 0 Å². The molecule has 1 fully saturated rings. The lowest BCUT2D eigenvalue weighted by atomic mass is 10.1. The standard InChI is InChI=1S/C18H20FN3O3/c1-20-18(24)16-15(10-14(22-16)17(23)21-12-6-7-12)25-9-8-11-4-2-3-5-13(11)19/h2-5,10,12,22H,6-9H2,1H3,(H,20,24)(H,21,23). The number of carbonyl (C=O) groups is 2. The Labute approximate surface area is 144 Å². The van der Waals surface area contributed by atoms with Gasteiger partial charge in [-0.25, -0.2) is 4.39 Å². The summed E-state index contributed by atoms with van der Waals surface area (Å²) in [6.07, 6.45) is 2.30. The predicted molar refractivity (Wildman–Crippen MR) is 90.3 cm³/mol. The van der Waals surface area contributed by atoms with Crippen LogP contribution in [-0.4, -0.2) is 36.5 Å². The second kappa shape index (κ2) is 7.38. The largest absolute Gasteiger partial charge is 0.491 e. The maximum absolute atomic E-state index is 13.6. The average molecular weight is 345 g/mol. The zero-order chi connectivity index (χ0) is 17.8. The Hall–Kier alpha value is -2.83. The normalized spacial score (nSPS) is 13.4. The number of nitrogens with one attached hydrogen (secondary N) is 3. The van der Waals surface area contributed by atoms with Gasteiger partial charge < -0.3 is 20.4 Å². The summed E-state index contributed by atoms with van der Waals surface area (Å²) in [7, 11) is 1.50. The molecule has 3 N–H and O–H groups in total. The molecular formula is C18H20FN3O3. The van der Waals surface area contributed by atoms with Gasteiger partial charge in [-0.05, 0) is 24.5 Å². The number of aromatic amines is 1. The van der Waals surface area contributed by atoms with E-state index in [-0.39, 0.29) is 47.4 Å². The Morgan fingerprint density at radius 2 is 2.04 bits per heavy atom. The van der Waals surface area contributed by atoms with Crippen molar-refractivity contribution in [3.05, 3.63) is 53.1 Å². The molecule has 7 heteroatoms. The first-order valence-electron chi connectivity index (χ1n) is 8.20. The van der Waals surface area contributed by atoms with Gasteiger partial charge in [-0.1, -0.05) is 18.2 Å². The van der Waals surface area contributed by atoms with E-state index in [9.17, 15) is 14.0 Å². The van der Waals surface area contributed by atoms with E-state index in [4.69, 9.17) is 4.74 Å². The van der Waals surface area contributed by atoms with Gasteiger partial charge in [0.15, 0.2) is 5.75 Å². The number of H-pyrrole nitrogens is 1. The molecule has 25 heavy (non-hydrogen) atoms. The fourth-order valence-electron chi connectivity index (χ4n) is 2.43. The Kier molecular flexibility index (Phi) is 5.02. The van der Waals surface area contributed by atoms with Gasteiger partial charge in [-0.3, -0.25) is 9.59 Å². The summed E-state index contributed by atoms with van der Waals surface area (Å²) in [6.45, 7) is 0.187. The van der Waals surface area contributed by atoms with Crippen molar-refractivity contribution in [2.24, 2.45) is 0 Å². The van der Waals surface area contributed by atoms with Crippen molar-refractivity contribution in [1.82, 2.24) is 15.6 Å². The summed E-state index contributed by atoms with van der Waals surface area (Å²) in [5, 5.41) is 5.35. The molecule has 1 aliphatic carbocycles. The monoisotopic (exact) mass is 345 g/mol. The van der Waals surface area contributed by atoms with Crippen LogP contribution < -0.4 is 15.4 Å². The third-order valence-corrected chi connectivity index (χ3v) is 3.98. The summed E-state index contributed by atoms with van der Waals surface area (Å²) >= 11 is 0. The number of halogens is 1. The molecule has 0 aliphatic heterocycles. The van der Waals surface area contributed by atoms with Crippen LogP contribution in [0.1, 0.15) is 39.4 Å². The highest BCUT2D eigenvalue weighted by atomic mass is 19.1. The van der Waals surface area contributed by atoms with Crippen molar-refractivity contribution >= 4 is 11.8 Å². The van der Waals surface area contributed by atoms with Crippen LogP contribution in [0.5, 0.6) is 5.75 Å². The van der Waals surface area contributed by atoms with Gasteiger partial charge in [0, 0.05) is 25.6 Å². The zero-order valence-electron chi connectivity index (χ0n) is 13.9.